The number of unbranched alkanes of at least 4 members (excludes halogenated alkanes) is 34. The van der Waals surface area contributed by atoms with Gasteiger partial charge in [0.15, 0.2) is 6.10 Å². The van der Waals surface area contributed by atoms with E-state index in [9.17, 15) is 14.4 Å². The summed E-state index contributed by atoms with van der Waals surface area (Å²) in [5.74, 6) is -0.924. The molecule has 0 aromatic heterocycles. The van der Waals surface area contributed by atoms with Gasteiger partial charge in [-0.1, -0.05) is 268 Å². The van der Waals surface area contributed by atoms with E-state index in [4.69, 9.17) is 14.2 Å². The maximum absolute atomic E-state index is 12.9. The maximum Gasteiger partial charge on any atom is 0.306 e. The summed E-state index contributed by atoms with van der Waals surface area (Å²) in [4.78, 5) is 38.1. The molecular weight excluding hydrogens is 829 g/mol. The fourth-order valence-corrected chi connectivity index (χ4v) is 8.27. The number of hydrogen-bond acceptors (Lipinski definition) is 6. The van der Waals surface area contributed by atoms with Crippen LogP contribution in [0.2, 0.25) is 0 Å². The summed E-state index contributed by atoms with van der Waals surface area (Å²) in [5, 5.41) is 0. The van der Waals surface area contributed by atoms with E-state index in [2.05, 4.69) is 51.2 Å². The lowest BCUT2D eigenvalue weighted by molar-refractivity contribution is -0.167. The summed E-state index contributed by atoms with van der Waals surface area (Å²) in [7, 11) is 0. The van der Waals surface area contributed by atoms with E-state index in [1.165, 1.54) is 173 Å². The topological polar surface area (TPSA) is 78.9 Å². The number of ether oxygens (including phenoxy) is 3. The number of allylic oxidation sites excluding steroid dienone is 10. The molecule has 67 heavy (non-hydrogen) atoms. The van der Waals surface area contributed by atoms with E-state index in [-0.39, 0.29) is 31.1 Å². The van der Waals surface area contributed by atoms with Crippen LogP contribution < -0.4 is 0 Å². The first-order chi connectivity index (χ1) is 33.0. The molecule has 0 spiro atoms. The summed E-state index contributed by atoms with van der Waals surface area (Å²) in [6.45, 7) is 6.49. The Morgan fingerprint density at radius 2 is 0.597 bits per heavy atom. The van der Waals surface area contributed by atoms with Gasteiger partial charge in [0.05, 0.1) is 0 Å². The summed E-state index contributed by atoms with van der Waals surface area (Å²) >= 11 is 0. The van der Waals surface area contributed by atoms with Crippen molar-refractivity contribution in [3.8, 4) is 0 Å². The summed E-state index contributed by atoms with van der Waals surface area (Å²) in [5.41, 5.74) is 0. The van der Waals surface area contributed by atoms with Crippen LogP contribution in [0.1, 0.15) is 290 Å². The number of rotatable bonds is 52. The predicted octanol–water partition coefficient (Wildman–Crippen LogP) is 19.2. The molecule has 0 saturated heterocycles. The Hall–Kier alpha value is -2.89. The van der Waals surface area contributed by atoms with Crippen LogP contribution in [-0.4, -0.2) is 37.2 Å². The molecule has 0 rings (SSSR count). The quantitative estimate of drug-likeness (QED) is 0.0199. The second-order valence-electron chi connectivity index (χ2n) is 19.3. The van der Waals surface area contributed by atoms with Crippen molar-refractivity contribution < 1.29 is 28.6 Å². The van der Waals surface area contributed by atoms with Crippen LogP contribution >= 0.6 is 0 Å². The molecule has 0 amide bonds. The van der Waals surface area contributed by atoms with E-state index in [0.29, 0.717) is 19.3 Å². The van der Waals surface area contributed by atoms with Crippen molar-refractivity contribution in [2.45, 2.75) is 297 Å². The van der Waals surface area contributed by atoms with E-state index < -0.39 is 6.10 Å². The number of carbonyl (C=O) groups excluding carboxylic acids is 3. The zero-order chi connectivity index (χ0) is 48.6. The van der Waals surface area contributed by atoms with Gasteiger partial charge in [-0.05, 0) is 64.2 Å². The first-order valence-electron chi connectivity index (χ1n) is 28.8. The van der Waals surface area contributed by atoms with Crippen molar-refractivity contribution in [3.05, 3.63) is 60.8 Å². The van der Waals surface area contributed by atoms with E-state index in [1.807, 2.05) is 30.4 Å². The molecule has 0 aliphatic carbocycles. The molecule has 0 saturated carbocycles. The van der Waals surface area contributed by atoms with Crippen LogP contribution in [-0.2, 0) is 28.6 Å². The highest BCUT2D eigenvalue weighted by molar-refractivity contribution is 5.71. The van der Waals surface area contributed by atoms with Crippen LogP contribution in [0.3, 0.4) is 0 Å². The smallest absolute Gasteiger partial charge is 0.306 e. The Morgan fingerprint density at radius 1 is 0.313 bits per heavy atom. The van der Waals surface area contributed by atoms with Crippen molar-refractivity contribution in [1.29, 1.82) is 0 Å². The minimum atomic E-state index is -0.792. The molecular formula is C61H108O6. The van der Waals surface area contributed by atoms with Gasteiger partial charge in [-0.15, -0.1) is 0 Å². The molecule has 0 heterocycles. The van der Waals surface area contributed by atoms with Gasteiger partial charge in [0.2, 0.25) is 0 Å². The number of carbonyl (C=O) groups is 3. The zero-order valence-corrected chi connectivity index (χ0v) is 44.4. The maximum atomic E-state index is 12.9. The van der Waals surface area contributed by atoms with Gasteiger partial charge in [0.25, 0.3) is 0 Å². The lowest BCUT2D eigenvalue weighted by atomic mass is 10.0. The molecule has 0 aliphatic rings. The average molecular weight is 938 g/mol. The molecule has 0 aromatic rings. The van der Waals surface area contributed by atoms with Gasteiger partial charge < -0.3 is 14.2 Å². The van der Waals surface area contributed by atoms with Crippen LogP contribution in [0.5, 0.6) is 0 Å². The third-order valence-corrected chi connectivity index (χ3v) is 12.6. The highest BCUT2D eigenvalue weighted by Crippen LogP contribution is 2.16. The van der Waals surface area contributed by atoms with Crippen molar-refractivity contribution >= 4 is 17.9 Å². The van der Waals surface area contributed by atoms with Crippen LogP contribution in [0, 0.1) is 0 Å². The molecule has 6 heteroatoms. The molecule has 0 radical (unpaired) electrons. The predicted molar refractivity (Wildman–Crippen MR) is 288 cm³/mol. The zero-order valence-electron chi connectivity index (χ0n) is 44.4. The normalized spacial score (nSPS) is 12.5. The highest BCUT2D eigenvalue weighted by Gasteiger charge is 2.19. The van der Waals surface area contributed by atoms with Gasteiger partial charge in [-0.3, -0.25) is 14.4 Å². The first-order valence-corrected chi connectivity index (χ1v) is 28.8. The molecule has 0 bridgehead atoms. The molecule has 1 atom stereocenters. The monoisotopic (exact) mass is 937 g/mol. The van der Waals surface area contributed by atoms with Gasteiger partial charge in [-0.2, -0.15) is 0 Å². The Balaban J connectivity index is 4.38. The summed E-state index contributed by atoms with van der Waals surface area (Å²) in [6, 6.07) is 0. The molecule has 6 nitrogen and oxygen atoms in total. The van der Waals surface area contributed by atoms with E-state index in [0.717, 1.165) is 77.0 Å². The van der Waals surface area contributed by atoms with Gasteiger partial charge >= 0.3 is 17.9 Å². The molecule has 0 aromatic carbocycles. The average Bonchev–Trinajstić information content (AvgIpc) is 3.33. The van der Waals surface area contributed by atoms with Crippen molar-refractivity contribution in [1.82, 2.24) is 0 Å². The van der Waals surface area contributed by atoms with Gasteiger partial charge in [-0.25, -0.2) is 0 Å². The molecule has 0 aliphatic heterocycles. The highest BCUT2D eigenvalue weighted by atomic mass is 16.6. The summed E-state index contributed by atoms with van der Waals surface area (Å²) in [6.07, 6.45) is 69.3. The van der Waals surface area contributed by atoms with E-state index >= 15 is 0 Å². The molecule has 0 N–H and O–H groups in total. The second-order valence-corrected chi connectivity index (χ2v) is 19.3. The largest absolute Gasteiger partial charge is 0.462 e. The van der Waals surface area contributed by atoms with E-state index in [1.54, 1.807) is 0 Å². The Kier molecular flexibility index (Phi) is 53.3. The molecule has 1 unspecified atom stereocenters. The summed E-state index contributed by atoms with van der Waals surface area (Å²) < 4.78 is 16.8. The Bertz CT molecular complexity index is 1210. The van der Waals surface area contributed by atoms with Gasteiger partial charge in [0, 0.05) is 19.3 Å². The third kappa shape index (κ3) is 53.9. The van der Waals surface area contributed by atoms with Crippen molar-refractivity contribution in [2.75, 3.05) is 13.2 Å². The number of hydrogen-bond donors (Lipinski definition) is 0. The third-order valence-electron chi connectivity index (χ3n) is 12.6. The fourth-order valence-electron chi connectivity index (χ4n) is 8.27. The standard InChI is InChI=1S/C61H108O6/c1-4-7-10-13-16-19-22-25-27-29-31-33-36-39-42-45-48-51-54-60(63)66-57-58(56-65-59(62)53-50-47-44-41-38-35-24-21-18-15-12-9-6-3)67-61(64)55-52-49-46-43-40-37-34-32-30-28-26-23-20-17-14-11-8-5-2/h9,12,15,18,21,24,31,33,35,38,58H,4-8,10-11,13-14,16-17,19-20,22-23,25-30,32,34,36-37,39-57H2,1-3H3/b12-9-,18-15-,24-21-,33-31-,38-35-. The minimum Gasteiger partial charge on any atom is -0.462 e. The molecule has 0 fully saturated rings. The lowest BCUT2D eigenvalue weighted by Crippen LogP contribution is -2.30. The van der Waals surface area contributed by atoms with Gasteiger partial charge in [0.1, 0.15) is 13.2 Å². The molecule has 388 valence electrons. The number of esters is 3. The fraction of sp³-hybridized carbons (Fsp3) is 0.787. The van der Waals surface area contributed by atoms with Crippen LogP contribution in [0.4, 0.5) is 0 Å². The minimum absolute atomic E-state index is 0.0889. The Labute approximate surface area is 415 Å². The Morgan fingerprint density at radius 3 is 0.970 bits per heavy atom. The lowest BCUT2D eigenvalue weighted by Gasteiger charge is -2.18. The van der Waals surface area contributed by atoms with Crippen LogP contribution in [0.25, 0.3) is 0 Å². The van der Waals surface area contributed by atoms with Crippen molar-refractivity contribution in [2.24, 2.45) is 0 Å². The van der Waals surface area contributed by atoms with Crippen LogP contribution in [0.15, 0.2) is 60.8 Å². The van der Waals surface area contributed by atoms with Crippen molar-refractivity contribution in [3.63, 3.8) is 0 Å². The SMILES string of the molecule is CC\C=C/C=C\C=C/C=C\CCCCCC(=O)OCC(COC(=O)CCCCCCC/C=C\CCCCCCCCCCC)OC(=O)CCCCCCCCCCCCCCCCCCCC. The first kappa shape index (κ1) is 64.1. The second kappa shape index (κ2) is 55.7.